The number of nitrogens with two attached hydrogens (primary N) is 1. The summed E-state index contributed by atoms with van der Waals surface area (Å²) in [6.45, 7) is 2.64. The average molecular weight is 257 g/mol. The van der Waals surface area contributed by atoms with Gasteiger partial charge in [0, 0.05) is 12.7 Å². The summed E-state index contributed by atoms with van der Waals surface area (Å²) >= 11 is 0. The van der Waals surface area contributed by atoms with E-state index in [-0.39, 0.29) is 0 Å². The molecule has 0 saturated carbocycles. The minimum Gasteiger partial charge on any atom is -0.370 e. The van der Waals surface area contributed by atoms with E-state index in [1.165, 1.54) is 5.56 Å². The van der Waals surface area contributed by atoms with Gasteiger partial charge >= 0.3 is 0 Å². The molecule has 5 nitrogen and oxygen atoms in total. The third kappa shape index (κ3) is 3.58. The lowest BCUT2D eigenvalue weighted by Gasteiger charge is -2.07. The molecule has 0 aliphatic carbocycles. The van der Waals surface area contributed by atoms with E-state index < -0.39 is 0 Å². The van der Waals surface area contributed by atoms with Crippen molar-refractivity contribution in [2.75, 3.05) is 5.32 Å². The third-order valence-electron chi connectivity index (χ3n) is 2.94. The topological polar surface area (TPSA) is 68.2 Å². The van der Waals surface area contributed by atoms with Crippen LogP contribution in [0.3, 0.4) is 0 Å². The van der Waals surface area contributed by atoms with Crippen molar-refractivity contribution in [2.24, 2.45) is 17.8 Å². The fraction of sp³-hybridized carbons (Fsp3) is 0.286. The first-order valence-corrected chi connectivity index (χ1v) is 6.30. The van der Waals surface area contributed by atoms with Gasteiger partial charge in [-0.3, -0.25) is 0 Å². The van der Waals surface area contributed by atoms with Crippen LogP contribution in [0.25, 0.3) is 0 Å². The number of guanidine groups is 1. The Balaban J connectivity index is 2.00. The molecule has 0 spiro atoms. The Morgan fingerprint density at radius 2 is 2.32 bits per heavy atom. The molecule has 2 rings (SSSR count). The van der Waals surface area contributed by atoms with Crippen molar-refractivity contribution in [3.63, 3.8) is 0 Å². The van der Waals surface area contributed by atoms with Crippen LogP contribution in [0.5, 0.6) is 0 Å². The van der Waals surface area contributed by atoms with Crippen molar-refractivity contribution < 1.29 is 0 Å². The van der Waals surface area contributed by atoms with E-state index in [0.717, 1.165) is 17.8 Å². The molecule has 1 aromatic carbocycles. The predicted octanol–water partition coefficient (Wildman–Crippen LogP) is 1.91. The summed E-state index contributed by atoms with van der Waals surface area (Å²) < 4.78 is 1.93. The number of anilines is 1. The number of imidazole rings is 1. The lowest BCUT2D eigenvalue weighted by molar-refractivity contribution is 0.820. The zero-order chi connectivity index (χ0) is 13.7. The molecule has 0 fully saturated rings. The van der Waals surface area contributed by atoms with E-state index in [1.54, 1.807) is 12.5 Å². The summed E-state index contributed by atoms with van der Waals surface area (Å²) in [4.78, 5) is 8.34. The van der Waals surface area contributed by atoms with Crippen molar-refractivity contribution in [1.82, 2.24) is 9.55 Å². The van der Waals surface area contributed by atoms with Gasteiger partial charge in [0.15, 0.2) is 5.96 Å². The molecule has 0 unspecified atom stereocenters. The van der Waals surface area contributed by atoms with E-state index in [0.29, 0.717) is 12.5 Å². The highest BCUT2D eigenvalue weighted by Crippen LogP contribution is 2.10. The van der Waals surface area contributed by atoms with Gasteiger partial charge in [-0.2, -0.15) is 0 Å². The Hall–Kier alpha value is -2.30. The first kappa shape index (κ1) is 13.1. The molecule has 0 aliphatic heterocycles. The molecule has 19 heavy (non-hydrogen) atoms. The summed E-state index contributed by atoms with van der Waals surface area (Å²) in [6, 6.07) is 8.15. The molecule has 100 valence electrons. The van der Waals surface area contributed by atoms with Crippen LogP contribution in [0.4, 0.5) is 5.69 Å². The smallest absolute Gasteiger partial charge is 0.193 e. The zero-order valence-corrected chi connectivity index (χ0v) is 11.3. The molecule has 2 aromatic rings. The van der Waals surface area contributed by atoms with Crippen LogP contribution in [0.1, 0.15) is 18.2 Å². The maximum absolute atomic E-state index is 5.87. The van der Waals surface area contributed by atoms with Crippen LogP contribution in [0, 0.1) is 0 Å². The van der Waals surface area contributed by atoms with Gasteiger partial charge in [0.05, 0.1) is 24.8 Å². The first-order valence-electron chi connectivity index (χ1n) is 6.30. The summed E-state index contributed by atoms with van der Waals surface area (Å²) in [5, 5.41) is 3.10. The number of aryl methyl sites for hydroxylation is 2. The fourth-order valence-corrected chi connectivity index (χ4v) is 1.76. The van der Waals surface area contributed by atoms with Gasteiger partial charge in [0.1, 0.15) is 0 Å². The highest BCUT2D eigenvalue weighted by atomic mass is 15.1. The Labute approximate surface area is 113 Å². The second-order valence-corrected chi connectivity index (χ2v) is 4.38. The summed E-state index contributed by atoms with van der Waals surface area (Å²) in [5.74, 6) is 0.412. The van der Waals surface area contributed by atoms with Crippen molar-refractivity contribution in [2.45, 2.75) is 19.9 Å². The van der Waals surface area contributed by atoms with E-state index in [1.807, 2.05) is 23.7 Å². The van der Waals surface area contributed by atoms with E-state index in [2.05, 4.69) is 34.3 Å². The minimum atomic E-state index is 0.412. The number of rotatable bonds is 4. The maximum Gasteiger partial charge on any atom is 0.193 e. The van der Waals surface area contributed by atoms with E-state index in [9.17, 15) is 0 Å². The van der Waals surface area contributed by atoms with Gasteiger partial charge in [-0.15, -0.1) is 0 Å². The van der Waals surface area contributed by atoms with Crippen LogP contribution >= 0.6 is 0 Å². The van der Waals surface area contributed by atoms with Crippen molar-refractivity contribution in [3.05, 3.63) is 48.0 Å². The number of aliphatic imine (C=N–C) groups is 1. The second-order valence-electron chi connectivity index (χ2n) is 4.38. The fourth-order valence-electron chi connectivity index (χ4n) is 1.76. The van der Waals surface area contributed by atoms with Gasteiger partial charge in [-0.05, 0) is 24.1 Å². The largest absolute Gasteiger partial charge is 0.370 e. The normalized spacial score (nSPS) is 11.6. The van der Waals surface area contributed by atoms with E-state index in [4.69, 9.17) is 5.73 Å². The van der Waals surface area contributed by atoms with Gasteiger partial charge in [-0.1, -0.05) is 19.1 Å². The number of hydrogen-bond donors (Lipinski definition) is 2. The SMILES string of the molecule is CCc1cccc(NC(N)=NCc2cncn2C)c1. The molecule has 3 N–H and O–H groups in total. The lowest BCUT2D eigenvalue weighted by atomic mass is 10.1. The van der Waals surface area contributed by atoms with Crippen molar-refractivity contribution in [3.8, 4) is 0 Å². The molecule has 0 radical (unpaired) electrons. The van der Waals surface area contributed by atoms with Crippen molar-refractivity contribution in [1.29, 1.82) is 0 Å². The first-order chi connectivity index (χ1) is 9.19. The lowest BCUT2D eigenvalue weighted by Crippen LogP contribution is -2.22. The number of hydrogen-bond acceptors (Lipinski definition) is 2. The predicted molar refractivity (Wildman–Crippen MR) is 78.0 cm³/mol. The molecule has 0 atom stereocenters. The standard InChI is InChI=1S/C14H19N5/c1-3-11-5-4-6-12(7-11)18-14(15)17-9-13-8-16-10-19(13)2/h4-8,10H,3,9H2,1-2H3,(H3,15,17,18). The van der Waals surface area contributed by atoms with Gasteiger partial charge in [0.25, 0.3) is 0 Å². The van der Waals surface area contributed by atoms with Crippen LogP contribution in [-0.2, 0) is 20.0 Å². The van der Waals surface area contributed by atoms with Crippen molar-refractivity contribution >= 4 is 11.6 Å². The highest BCUT2D eigenvalue weighted by molar-refractivity contribution is 5.92. The molecule has 1 heterocycles. The summed E-state index contributed by atoms with van der Waals surface area (Å²) in [5.41, 5.74) is 9.13. The average Bonchev–Trinajstić information content (AvgIpc) is 2.82. The molecule has 1 aromatic heterocycles. The Morgan fingerprint density at radius 3 is 3.00 bits per heavy atom. The quantitative estimate of drug-likeness (QED) is 0.649. The van der Waals surface area contributed by atoms with Crippen LogP contribution < -0.4 is 11.1 Å². The number of nitrogens with one attached hydrogen (secondary N) is 1. The summed E-state index contributed by atoms with van der Waals surface area (Å²) in [7, 11) is 1.94. The molecule has 0 saturated heterocycles. The van der Waals surface area contributed by atoms with E-state index >= 15 is 0 Å². The number of benzene rings is 1. The molecule has 5 heteroatoms. The molecular formula is C14H19N5. The number of nitrogens with zero attached hydrogens (tertiary/aromatic N) is 3. The van der Waals surface area contributed by atoms with Gasteiger partial charge in [0.2, 0.25) is 0 Å². The van der Waals surface area contributed by atoms with Gasteiger partial charge in [-0.25, -0.2) is 9.98 Å². The minimum absolute atomic E-state index is 0.412. The third-order valence-corrected chi connectivity index (χ3v) is 2.94. The Kier molecular flexibility index (Phi) is 4.18. The van der Waals surface area contributed by atoms with Crippen LogP contribution in [0.2, 0.25) is 0 Å². The number of aromatic nitrogens is 2. The monoisotopic (exact) mass is 257 g/mol. The van der Waals surface area contributed by atoms with Crippen LogP contribution in [0.15, 0.2) is 41.8 Å². The molecule has 0 bridgehead atoms. The Bertz CT molecular complexity index is 571. The molecular weight excluding hydrogens is 238 g/mol. The molecule has 0 aliphatic rings. The summed E-state index contributed by atoms with van der Waals surface area (Å²) in [6.07, 6.45) is 4.54. The highest BCUT2D eigenvalue weighted by Gasteiger charge is 1.99. The zero-order valence-electron chi connectivity index (χ0n) is 11.3. The Morgan fingerprint density at radius 1 is 1.47 bits per heavy atom. The maximum atomic E-state index is 5.87. The van der Waals surface area contributed by atoms with Gasteiger partial charge < -0.3 is 15.6 Å². The van der Waals surface area contributed by atoms with Crippen LogP contribution in [-0.4, -0.2) is 15.5 Å². The second kappa shape index (κ2) is 6.04. The molecule has 0 amide bonds.